The van der Waals surface area contributed by atoms with Crippen molar-refractivity contribution in [2.45, 2.75) is 87.5 Å². The average Bonchev–Trinajstić information content (AvgIpc) is 3.20. The van der Waals surface area contributed by atoms with Gasteiger partial charge in [-0.15, -0.1) is 0 Å². The van der Waals surface area contributed by atoms with Gasteiger partial charge in [0.2, 0.25) is 0 Å². The van der Waals surface area contributed by atoms with Crippen molar-refractivity contribution >= 4 is 60.8 Å². The quantitative estimate of drug-likeness (QED) is 0.158. The lowest BCUT2D eigenvalue weighted by molar-refractivity contribution is 0.479. The molecular weight excluding hydrogens is 703 g/mol. The molecule has 290 valence electrons. The van der Waals surface area contributed by atoms with E-state index in [0.717, 1.165) is 62.8 Å². The Labute approximate surface area is 345 Å². The van der Waals surface area contributed by atoms with E-state index < -0.39 is 0 Å². The van der Waals surface area contributed by atoms with E-state index in [9.17, 15) is 5.26 Å². The van der Waals surface area contributed by atoms with Gasteiger partial charge in [0.15, 0.2) is 0 Å². The number of nitrogens with zero attached hydrogens (tertiary/aromatic N) is 3. The largest absolute Gasteiger partial charge is 0.314 e. The summed E-state index contributed by atoms with van der Waals surface area (Å²) in [5.41, 5.74) is 15.5. The van der Waals surface area contributed by atoms with Gasteiger partial charge in [0.1, 0.15) is 0 Å². The van der Waals surface area contributed by atoms with Crippen molar-refractivity contribution in [3.63, 3.8) is 0 Å². The van der Waals surface area contributed by atoms with E-state index in [2.05, 4.69) is 206 Å². The monoisotopic (exact) mass is 757 g/mol. The Morgan fingerprint density at radius 1 is 0.466 bits per heavy atom. The Kier molecular flexibility index (Phi) is 9.81. The summed E-state index contributed by atoms with van der Waals surface area (Å²) >= 11 is 0. The van der Waals surface area contributed by atoms with Gasteiger partial charge in [0, 0.05) is 33.5 Å². The minimum absolute atomic E-state index is 0.0355. The maximum atomic E-state index is 10.3. The van der Waals surface area contributed by atoms with E-state index in [1.807, 2.05) is 6.07 Å². The molecule has 0 spiro atoms. The van der Waals surface area contributed by atoms with E-state index in [1.165, 1.54) is 49.9 Å². The zero-order valence-corrected chi connectivity index (χ0v) is 35.9. The second-order valence-corrected chi connectivity index (χ2v) is 18.4. The number of aryl methyl sites for hydroxylation is 4. The van der Waals surface area contributed by atoms with Gasteiger partial charge < -0.3 is 9.80 Å². The number of nitriles is 1. The van der Waals surface area contributed by atoms with Gasteiger partial charge in [-0.2, -0.15) is 5.26 Å². The fraction of sp³-hybridized carbons (Fsp3) is 0.255. The van der Waals surface area contributed by atoms with E-state index >= 15 is 0 Å². The molecule has 0 amide bonds. The van der Waals surface area contributed by atoms with Gasteiger partial charge in [0.05, 0.1) is 23.0 Å². The summed E-state index contributed by atoms with van der Waals surface area (Å²) in [4.78, 5) is 4.90. The van der Waals surface area contributed by atoms with Crippen LogP contribution in [0.4, 0.5) is 28.4 Å². The molecule has 0 saturated carbocycles. The molecule has 3 heteroatoms. The lowest BCUT2D eigenvalue weighted by Crippen LogP contribution is -2.20. The molecule has 0 saturated heterocycles. The first-order valence-electron chi connectivity index (χ1n) is 20.7. The second kappa shape index (κ2) is 14.7. The maximum absolute atomic E-state index is 10.3. The van der Waals surface area contributed by atoms with Gasteiger partial charge in [-0.3, -0.25) is 0 Å². The number of fused-ring (bicyclic) bond motifs is 5. The van der Waals surface area contributed by atoms with Crippen LogP contribution in [0, 0.1) is 44.4 Å². The molecule has 1 aliphatic rings. The Morgan fingerprint density at radius 2 is 1.00 bits per heavy atom. The molecule has 0 aliphatic heterocycles. The highest BCUT2D eigenvalue weighted by molar-refractivity contribution is 6.24. The predicted octanol–water partition coefficient (Wildman–Crippen LogP) is 15.8. The van der Waals surface area contributed by atoms with E-state index in [0.29, 0.717) is 5.56 Å². The topological polar surface area (TPSA) is 30.3 Å². The number of hydrogen-bond acceptors (Lipinski definition) is 3. The van der Waals surface area contributed by atoms with Crippen LogP contribution in [0.25, 0.3) is 32.3 Å². The van der Waals surface area contributed by atoms with Crippen molar-refractivity contribution in [2.24, 2.45) is 5.41 Å². The number of hydrogen-bond donors (Lipinski definition) is 0. The van der Waals surface area contributed by atoms with Crippen LogP contribution >= 0.6 is 0 Å². The molecule has 0 aromatic heterocycles. The predicted molar refractivity (Wildman–Crippen MR) is 249 cm³/mol. The summed E-state index contributed by atoms with van der Waals surface area (Å²) in [6, 6.07) is 45.0. The van der Waals surface area contributed by atoms with Crippen molar-refractivity contribution in [3.05, 3.63) is 172 Å². The van der Waals surface area contributed by atoms with Crippen LogP contribution in [0.2, 0.25) is 0 Å². The minimum atomic E-state index is 0.0355. The van der Waals surface area contributed by atoms with Crippen LogP contribution in [0.5, 0.6) is 0 Å². The average molecular weight is 758 g/mol. The van der Waals surface area contributed by atoms with Crippen LogP contribution in [-0.4, -0.2) is 0 Å². The SMILES string of the molecule is Cc1ccc(N(C2=CC=C(C(C)(C)C)CC2)c2cc3c4cc(C#N)ccc4c(N(c4ccc(C(C)(C)C)cc4)c4ccc(C)c(C)c4)cc3c3ccccc23)cc1C. The van der Waals surface area contributed by atoms with Gasteiger partial charge in [0.25, 0.3) is 0 Å². The van der Waals surface area contributed by atoms with E-state index in [1.54, 1.807) is 0 Å². The van der Waals surface area contributed by atoms with Gasteiger partial charge in [-0.1, -0.05) is 108 Å². The zero-order chi connectivity index (χ0) is 41.1. The van der Waals surface area contributed by atoms with Crippen molar-refractivity contribution < 1.29 is 0 Å². The van der Waals surface area contributed by atoms with Gasteiger partial charge >= 0.3 is 0 Å². The zero-order valence-electron chi connectivity index (χ0n) is 35.9. The molecule has 0 unspecified atom stereocenters. The number of allylic oxidation sites excluding steroid dienone is 4. The molecule has 3 nitrogen and oxygen atoms in total. The first kappa shape index (κ1) is 38.7. The van der Waals surface area contributed by atoms with E-state index in [-0.39, 0.29) is 10.8 Å². The van der Waals surface area contributed by atoms with E-state index in [4.69, 9.17) is 0 Å². The summed E-state index contributed by atoms with van der Waals surface area (Å²) in [6.07, 6.45) is 6.66. The van der Waals surface area contributed by atoms with Crippen molar-refractivity contribution in [2.75, 3.05) is 9.80 Å². The van der Waals surface area contributed by atoms with Crippen molar-refractivity contribution in [3.8, 4) is 6.07 Å². The third-order valence-corrected chi connectivity index (χ3v) is 12.4. The second-order valence-electron chi connectivity index (χ2n) is 18.4. The summed E-state index contributed by atoms with van der Waals surface area (Å²) in [5, 5.41) is 17.1. The molecule has 58 heavy (non-hydrogen) atoms. The van der Waals surface area contributed by atoms with Crippen LogP contribution < -0.4 is 9.80 Å². The Hall–Kier alpha value is -6.11. The number of rotatable bonds is 6. The minimum Gasteiger partial charge on any atom is -0.314 e. The molecule has 0 fully saturated rings. The third-order valence-electron chi connectivity index (χ3n) is 12.4. The lowest BCUT2D eigenvalue weighted by Gasteiger charge is -2.34. The summed E-state index contributed by atoms with van der Waals surface area (Å²) in [6.45, 7) is 22.5. The smallest absolute Gasteiger partial charge is 0.0991 e. The highest BCUT2D eigenvalue weighted by Crippen LogP contribution is 2.48. The molecule has 7 aromatic carbocycles. The fourth-order valence-corrected chi connectivity index (χ4v) is 8.57. The lowest BCUT2D eigenvalue weighted by atomic mass is 9.81. The van der Waals surface area contributed by atoms with Crippen molar-refractivity contribution in [1.29, 1.82) is 5.26 Å². The summed E-state index contributed by atoms with van der Waals surface area (Å²) < 4.78 is 0. The molecular formula is C55H55N3. The number of anilines is 5. The molecule has 0 radical (unpaired) electrons. The number of benzene rings is 7. The van der Waals surface area contributed by atoms with Crippen LogP contribution in [0.3, 0.4) is 0 Å². The fourth-order valence-electron chi connectivity index (χ4n) is 8.57. The highest BCUT2D eigenvalue weighted by atomic mass is 15.2. The molecule has 1 aliphatic carbocycles. The van der Waals surface area contributed by atoms with Crippen molar-refractivity contribution in [1.82, 2.24) is 0 Å². The summed E-state index contributed by atoms with van der Waals surface area (Å²) in [7, 11) is 0. The molecule has 0 bridgehead atoms. The normalized spacial score (nSPS) is 13.4. The third kappa shape index (κ3) is 7.07. The first-order valence-corrected chi connectivity index (χ1v) is 20.7. The molecule has 0 N–H and O–H groups in total. The molecule has 0 atom stereocenters. The molecule has 7 aromatic rings. The molecule has 8 rings (SSSR count). The molecule has 0 heterocycles. The van der Waals surface area contributed by atoms with Crippen LogP contribution in [-0.2, 0) is 5.41 Å². The van der Waals surface area contributed by atoms with Crippen LogP contribution in [0.1, 0.15) is 87.8 Å². The van der Waals surface area contributed by atoms with Gasteiger partial charge in [-0.25, -0.2) is 0 Å². The standard InChI is InChI=1S/C55H55N3/c1-35-15-22-44(29-37(35)3)57(42-24-18-40(19-25-42)54(5,6)7)52-33-51-49-31-39(34-56)17-28-48(49)53(32-50(51)46-13-11-12-14-47(46)52)58(45-23-16-36(2)38(4)30-45)43-26-20-41(21-27-43)55(8,9)10/h11-18,20-24,26-33H,19,25H2,1-10H3. The Bertz CT molecular complexity index is 2850. The highest BCUT2D eigenvalue weighted by Gasteiger charge is 2.26. The Balaban J connectivity index is 1.46. The van der Waals surface area contributed by atoms with Crippen LogP contribution in [0.15, 0.2) is 139 Å². The maximum Gasteiger partial charge on any atom is 0.0991 e. The summed E-state index contributed by atoms with van der Waals surface area (Å²) in [5.74, 6) is 0. The van der Waals surface area contributed by atoms with Gasteiger partial charge in [-0.05, 0) is 167 Å². The first-order chi connectivity index (χ1) is 27.6. The Morgan fingerprint density at radius 3 is 1.55 bits per heavy atom.